The van der Waals surface area contributed by atoms with Crippen LogP contribution in [0, 0.1) is 0 Å². The van der Waals surface area contributed by atoms with Crippen LogP contribution in [0.15, 0.2) is 191 Å². The second-order valence-corrected chi connectivity index (χ2v) is 14.4. The fourth-order valence-electron chi connectivity index (χ4n) is 8.94. The van der Waals surface area contributed by atoms with Gasteiger partial charge in [-0.3, -0.25) is 0 Å². The Kier molecular flexibility index (Phi) is 6.09. The lowest BCUT2D eigenvalue weighted by molar-refractivity contribution is 0.669. The average Bonchev–Trinajstić information content (AvgIpc) is 3.81. The maximum absolute atomic E-state index is 6.56. The summed E-state index contributed by atoms with van der Waals surface area (Å²) >= 11 is 0. The molecule has 0 aliphatic rings. The molecule has 0 unspecified atom stereocenters. The number of para-hydroxylation sites is 1. The molecule has 0 N–H and O–H groups in total. The van der Waals surface area contributed by atoms with Gasteiger partial charge in [-0.05, 0) is 120 Å². The third-order valence-electron chi connectivity index (χ3n) is 11.4. The van der Waals surface area contributed by atoms with Crippen LogP contribution in [0.2, 0.25) is 0 Å². The molecule has 0 spiro atoms. The summed E-state index contributed by atoms with van der Waals surface area (Å²) in [7, 11) is 0. The van der Waals surface area contributed by atoms with Gasteiger partial charge in [-0.2, -0.15) is 0 Å². The number of furan rings is 2. The third-order valence-corrected chi connectivity index (χ3v) is 11.4. The van der Waals surface area contributed by atoms with E-state index in [1.807, 2.05) is 12.1 Å². The van der Waals surface area contributed by atoms with Crippen LogP contribution in [-0.2, 0) is 0 Å². The summed E-state index contributed by atoms with van der Waals surface area (Å²) < 4.78 is 12.9. The molecule has 250 valence electrons. The summed E-state index contributed by atoms with van der Waals surface area (Å²) in [6, 6.07) is 65.7. The van der Waals surface area contributed by atoms with Gasteiger partial charge in [0.25, 0.3) is 0 Å². The Balaban J connectivity index is 0.975. The first-order valence-corrected chi connectivity index (χ1v) is 18.5. The molecule has 0 bridgehead atoms. The van der Waals surface area contributed by atoms with Gasteiger partial charge in [0.05, 0.1) is 0 Å². The highest BCUT2D eigenvalue weighted by atomic mass is 16.3. The number of rotatable bonds is 3. The molecular formula is C52H30O2. The Morgan fingerprint density at radius 2 is 0.667 bits per heavy atom. The van der Waals surface area contributed by atoms with E-state index in [0.717, 1.165) is 60.2 Å². The fourth-order valence-corrected chi connectivity index (χ4v) is 8.94. The molecule has 0 radical (unpaired) electrons. The molecule has 0 amide bonds. The predicted molar refractivity (Wildman–Crippen MR) is 227 cm³/mol. The monoisotopic (exact) mass is 686 g/mol. The van der Waals surface area contributed by atoms with E-state index in [0.29, 0.717) is 0 Å². The molecule has 12 rings (SSSR count). The van der Waals surface area contributed by atoms with Gasteiger partial charge in [-0.25, -0.2) is 0 Å². The van der Waals surface area contributed by atoms with Crippen molar-refractivity contribution >= 4 is 87.0 Å². The molecule has 0 saturated heterocycles. The average molecular weight is 687 g/mol. The van der Waals surface area contributed by atoms with Gasteiger partial charge in [-0.15, -0.1) is 0 Å². The zero-order chi connectivity index (χ0) is 35.3. The molecule has 0 atom stereocenters. The molecule has 12 aromatic rings. The summed E-state index contributed by atoms with van der Waals surface area (Å²) in [4.78, 5) is 0. The second kappa shape index (κ2) is 11.2. The largest absolute Gasteiger partial charge is 0.455 e. The lowest BCUT2D eigenvalue weighted by Gasteiger charge is -2.18. The lowest BCUT2D eigenvalue weighted by Crippen LogP contribution is -1.90. The van der Waals surface area contributed by atoms with E-state index in [1.54, 1.807) is 0 Å². The zero-order valence-electron chi connectivity index (χ0n) is 29.1. The fraction of sp³-hybridized carbons (Fsp3) is 0. The smallest absolute Gasteiger partial charge is 0.143 e. The molecular weight excluding hydrogens is 657 g/mol. The van der Waals surface area contributed by atoms with E-state index in [2.05, 4.69) is 170 Å². The van der Waals surface area contributed by atoms with Crippen LogP contribution < -0.4 is 0 Å². The van der Waals surface area contributed by atoms with Crippen LogP contribution in [0.5, 0.6) is 0 Å². The van der Waals surface area contributed by atoms with Crippen LogP contribution in [0.25, 0.3) is 120 Å². The molecule has 10 aromatic carbocycles. The minimum Gasteiger partial charge on any atom is -0.455 e. The predicted octanol–water partition coefficient (Wildman–Crippen LogP) is 15.1. The first-order chi connectivity index (χ1) is 26.8. The summed E-state index contributed by atoms with van der Waals surface area (Å²) in [6.45, 7) is 0. The van der Waals surface area contributed by atoms with Gasteiger partial charge in [-0.1, -0.05) is 127 Å². The number of hydrogen-bond acceptors (Lipinski definition) is 2. The normalized spacial score (nSPS) is 12.1. The van der Waals surface area contributed by atoms with Crippen molar-refractivity contribution in [2.24, 2.45) is 0 Å². The van der Waals surface area contributed by atoms with Gasteiger partial charge in [0.2, 0.25) is 0 Å². The second-order valence-electron chi connectivity index (χ2n) is 14.4. The van der Waals surface area contributed by atoms with Crippen molar-refractivity contribution in [2.45, 2.75) is 0 Å². The van der Waals surface area contributed by atoms with Crippen LogP contribution in [0.3, 0.4) is 0 Å². The third kappa shape index (κ3) is 4.22. The van der Waals surface area contributed by atoms with Crippen molar-refractivity contribution in [1.29, 1.82) is 0 Å². The molecule has 0 saturated carbocycles. The highest BCUT2D eigenvalue weighted by molar-refractivity contribution is 6.24. The SMILES string of the molecule is c1ccc(-c2c3ccccc3c(-c3ccc4cc(-c5ccc6oc7c(ccc8c7ccc7c9ccccc9oc78)c6c5)ccc4c3)c3ccccc23)cc1. The van der Waals surface area contributed by atoms with E-state index >= 15 is 0 Å². The molecule has 0 aliphatic carbocycles. The standard InChI is InChI=1S/C52H30O2/c1-2-10-31(11-3-1)49-38-13-4-6-15-40(38)50(41-16-7-5-14-39(41)49)36-21-20-32-28-33(18-19-34(32)29-36)35-22-27-48-46(30-35)45-26-25-43-44(52(45)54-48)24-23-42-37-12-8-9-17-47(37)53-51(42)43/h1-30H. The Morgan fingerprint density at radius 3 is 1.30 bits per heavy atom. The molecule has 2 aromatic heterocycles. The van der Waals surface area contributed by atoms with Crippen molar-refractivity contribution in [3.05, 3.63) is 182 Å². The van der Waals surface area contributed by atoms with Gasteiger partial charge in [0.1, 0.15) is 22.3 Å². The number of fused-ring (bicyclic) bond motifs is 12. The molecule has 2 nitrogen and oxygen atoms in total. The lowest BCUT2D eigenvalue weighted by atomic mass is 9.85. The maximum Gasteiger partial charge on any atom is 0.143 e. The number of benzene rings is 10. The summed E-state index contributed by atoms with van der Waals surface area (Å²) in [5, 5.41) is 14.1. The van der Waals surface area contributed by atoms with Crippen LogP contribution >= 0.6 is 0 Å². The van der Waals surface area contributed by atoms with E-state index in [9.17, 15) is 0 Å². The molecule has 2 heteroatoms. The molecule has 2 heterocycles. The minimum absolute atomic E-state index is 0.883. The van der Waals surface area contributed by atoms with Crippen molar-refractivity contribution in [2.75, 3.05) is 0 Å². The Bertz CT molecular complexity index is 3430. The van der Waals surface area contributed by atoms with Crippen LogP contribution in [0.4, 0.5) is 0 Å². The summed E-state index contributed by atoms with van der Waals surface area (Å²) in [6.07, 6.45) is 0. The molecule has 0 fully saturated rings. The first kappa shape index (κ1) is 29.4. The van der Waals surface area contributed by atoms with Gasteiger partial charge in [0, 0.05) is 32.3 Å². The highest BCUT2D eigenvalue weighted by Gasteiger charge is 2.18. The summed E-state index contributed by atoms with van der Waals surface area (Å²) in [5.74, 6) is 0. The van der Waals surface area contributed by atoms with Gasteiger partial charge < -0.3 is 8.83 Å². The van der Waals surface area contributed by atoms with Crippen molar-refractivity contribution < 1.29 is 8.83 Å². The quantitative estimate of drug-likeness (QED) is 0.173. The van der Waals surface area contributed by atoms with Crippen molar-refractivity contribution in [3.8, 4) is 33.4 Å². The van der Waals surface area contributed by atoms with Gasteiger partial charge >= 0.3 is 0 Å². The minimum atomic E-state index is 0.883. The van der Waals surface area contributed by atoms with E-state index in [1.165, 1.54) is 60.1 Å². The molecule has 54 heavy (non-hydrogen) atoms. The van der Waals surface area contributed by atoms with Crippen LogP contribution in [-0.4, -0.2) is 0 Å². The van der Waals surface area contributed by atoms with Crippen LogP contribution in [0.1, 0.15) is 0 Å². The topological polar surface area (TPSA) is 26.3 Å². The van der Waals surface area contributed by atoms with E-state index < -0.39 is 0 Å². The van der Waals surface area contributed by atoms with Crippen molar-refractivity contribution in [3.63, 3.8) is 0 Å². The van der Waals surface area contributed by atoms with Gasteiger partial charge in [0.15, 0.2) is 0 Å². The summed E-state index contributed by atoms with van der Waals surface area (Å²) in [5.41, 5.74) is 11.0. The molecule has 0 aliphatic heterocycles. The maximum atomic E-state index is 6.56. The highest BCUT2D eigenvalue weighted by Crippen LogP contribution is 2.45. The van der Waals surface area contributed by atoms with E-state index in [-0.39, 0.29) is 0 Å². The Labute approximate surface area is 310 Å². The number of hydrogen-bond donors (Lipinski definition) is 0. The first-order valence-electron chi connectivity index (χ1n) is 18.5. The Hall–Kier alpha value is -7.16. The Morgan fingerprint density at radius 1 is 0.241 bits per heavy atom. The zero-order valence-corrected chi connectivity index (χ0v) is 29.1. The van der Waals surface area contributed by atoms with E-state index in [4.69, 9.17) is 8.83 Å². The van der Waals surface area contributed by atoms with Crippen molar-refractivity contribution in [1.82, 2.24) is 0 Å².